The molecule has 4 N–H and O–H groups in total. The van der Waals surface area contributed by atoms with Crippen LogP contribution in [0.3, 0.4) is 0 Å². The van der Waals surface area contributed by atoms with Gasteiger partial charge < -0.3 is 15.8 Å². The predicted molar refractivity (Wildman–Crippen MR) is 88.5 cm³/mol. The number of sulfonamides is 1. The van der Waals surface area contributed by atoms with Crippen LogP contribution < -0.4 is 15.8 Å². The van der Waals surface area contributed by atoms with Crippen molar-refractivity contribution in [2.45, 2.75) is 51.2 Å². The summed E-state index contributed by atoms with van der Waals surface area (Å²) in [5.74, 6) is -0.452. The molecule has 0 saturated carbocycles. The highest BCUT2D eigenvalue weighted by Crippen LogP contribution is 2.11. The second-order valence-electron chi connectivity index (χ2n) is 5.34. The van der Waals surface area contributed by atoms with Gasteiger partial charge in [-0.3, -0.25) is 4.79 Å². The van der Waals surface area contributed by atoms with Gasteiger partial charge in [0.25, 0.3) is 0 Å². The molecule has 1 aliphatic heterocycles. The molecular formula is C13H28ClN3O4S. The van der Waals surface area contributed by atoms with E-state index in [9.17, 15) is 13.2 Å². The van der Waals surface area contributed by atoms with Crippen LogP contribution in [0.4, 0.5) is 0 Å². The fraction of sp³-hybridized carbons (Fsp3) is 0.923. The fourth-order valence-corrected chi connectivity index (χ4v) is 3.10. The lowest BCUT2D eigenvalue weighted by Crippen LogP contribution is -2.44. The molecule has 22 heavy (non-hydrogen) atoms. The van der Waals surface area contributed by atoms with E-state index in [1.807, 2.05) is 6.92 Å². The molecule has 2 atom stereocenters. The van der Waals surface area contributed by atoms with Gasteiger partial charge in [0.2, 0.25) is 15.9 Å². The van der Waals surface area contributed by atoms with Gasteiger partial charge in [-0.15, -0.1) is 12.4 Å². The number of nitrogens with one attached hydrogen (secondary N) is 2. The second kappa shape index (κ2) is 11.2. The highest BCUT2D eigenvalue weighted by Gasteiger charge is 2.18. The first-order chi connectivity index (χ1) is 9.94. The van der Waals surface area contributed by atoms with Crippen LogP contribution in [-0.4, -0.2) is 51.9 Å². The minimum Gasteiger partial charge on any atom is -0.377 e. The van der Waals surface area contributed by atoms with E-state index in [0.29, 0.717) is 19.6 Å². The molecule has 7 nitrogen and oxygen atoms in total. The van der Waals surface area contributed by atoms with Crippen molar-refractivity contribution >= 4 is 28.3 Å². The van der Waals surface area contributed by atoms with E-state index >= 15 is 0 Å². The maximum Gasteiger partial charge on any atom is 0.236 e. The van der Waals surface area contributed by atoms with Gasteiger partial charge in [-0.05, 0) is 25.7 Å². The SMILES string of the molecule is CCCC(N)C(=O)NCCS(=O)(=O)NCC1CCCCO1.Cl. The van der Waals surface area contributed by atoms with Crippen LogP contribution in [0.25, 0.3) is 0 Å². The maximum absolute atomic E-state index is 11.8. The number of hydrogen-bond acceptors (Lipinski definition) is 5. The van der Waals surface area contributed by atoms with Crippen molar-refractivity contribution < 1.29 is 17.9 Å². The van der Waals surface area contributed by atoms with Crippen molar-refractivity contribution in [1.82, 2.24) is 10.0 Å². The number of halogens is 1. The molecule has 1 saturated heterocycles. The van der Waals surface area contributed by atoms with Crippen LogP contribution in [0.15, 0.2) is 0 Å². The Labute approximate surface area is 139 Å². The van der Waals surface area contributed by atoms with Crippen LogP contribution in [-0.2, 0) is 19.6 Å². The van der Waals surface area contributed by atoms with Crippen LogP contribution in [0.5, 0.6) is 0 Å². The third kappa shape index (κ3) is 8.89. The summed E-state index contributed by atoms with van der Waals surface area (Å²) in [6, 6.07) is -0.568. The molecule has 0 spiro atoms. The summed E-state index contributed by atoms with van der Waals surface area (Å²) in [5.41, 5.74) is 5.64. The molecule has 1 amide bonds. The molecule has 132 valence electrons. The van der Waals surface area contributed by atoms with E-state index in [0.717, 1.165) is 25.7 Å². The summed E-state index contributed by atoms with van der Waals surface area (Å²) < 4.78 is 31.6. The van der Waals surface area contributed by atoms with Gasteiger partial charge in [0, 0.05) is 19.7 Å². The Kier molecular flexibility index (Phi) is 11.0. The van der Waals surface area contributed by atoms with Crippen LogP contribution in [0.1, 0.15) is 39.0 Å². The lowest BCUT2D eigenvalue weighted by Gasteiger charge is -2.22. The van der Waals surface area contributed by atoms with E-state index < -0.39 is 16.1 Å². The summed E-state index contributed by atoms with van der Waals surface area (Å²) >= 11 is 0. The monoisotopic (exact) mass is 357 g/mol. The highest BCUT2D eigenvalue weighted by molar-refractivity contribution is 7.89. The minimum absolute atomic E-state index is 0. The van der Waals surface area contributed by atoms with E-state index in [2.05, 4.69) is 10.0 Å². The molecule has 0 aromatic rings. The van der Waals surface area contributed by atoms with Crippen LogP contribution >= 0.6 is 12.4 Å². The van der Waals surface area contributed by atoms with Gasteiger partial charge in [-0.1, -0.05) is 13.3 Å². The molecule has 1 aliphatic rings. The smallest absolute Gasteiger partial charge is 0.236 e. The van der Waals surface area contributed by atoms with Gasteiger partial charge in [-0.25, -0.2) is 13.1 Å². The van der Waals surface area contributed by atoms with Crippen molar-refractivity contribution in [3.05, 3.63) is 0 Å². The lowest BCUT2D eigenvalue weighted by atomic mass is 10.1. The largest absolute Gasteiger partial charge is 0.377 e. The lowest BCUT2D eigenvalue weighted by molar-refractivity contribution is -0.122. The summed E-state index contributed by atoms with van der Waals surface area (Å²) in [4.78, 5) is 11.6. The Balaban J connectivity index is 0.00000441. The fourth-order valence-electron chi connectivity index (χ4n) is 2.14. The molecular weight excluding hydrogens is 330 g/mol. The van der Waals surface area contributed by atoms with Crippen LogP contribution in [0.2, 0.25) is 0 Å². The number of carbonyl (C=O) groups excluding carboxylic acids is 1. The number of rotatable bonds is 9. The summed E-state index contributed by atoms with van der Waals surface area (Å²) in [6.45, 7) is 3.00. The van der Waals surface area contributed by atoms with Gasteiger partial charge >= 0.3 is 0 Å². The third-order valence-corrected chi connectivity index (χ3v) is 4.76. The number of hydrogen-bond donors (Lipinski definition) is 3. The van der Waals surface area contributed by atoms with Gasteiger partial charge in [0.15, 0.2) is 0 Å². The molecule has 2 unspecified atom stereocenters. The maximum atomic E-state index is 11.8. The third-order valence-electron chi connectivity index (χ3n) is 3.41. The summed E-state index contributed by atoms with van der Waals surface area (Å²) in [5, 5.41) is 2.55. The Morgan fingerprint density at radius 3 is 2.73 bits per heavy atom. The zero-order valence-electron chi connectivity index (χ0n) is 13.0. The van der Waals surface area contributed by atoms with Crippen molar-refractivity contribution in [2.24, 2.45) is 5.73 Å². The number of carbonyl (C=O) groups is 1. The molecule has 9 heteroatoms. The van der Waals surface area contributed by atoms with E-state index in [1.54, 1.807) is 0 Å². The van der Waals surface area contributed by atoms with Crippen LogP contribution in [0, 0.1) is 0 Å². The van der Waals surface area contributed by atoms with E-state index in [-0.39, 0.29) is 36.7 Å². The van der Waals surface area contributed by atoms with Gasteiger partial charge in [0.1, 0.15) is 0 Å². The second-order valence-corrected chi connectivity index (χ2v) is 7.27. The van der Waals surface area contributed by atoms with Crippen molar-refractivity contribution in [3.8, 4) is 0 Å². The summed E-state index contributed by atoms with van der Waals surface area (Å²) in [6.07, 6.45) is 4.35. The minimum atomic E-state index is -3.40. The molecule has 0 aliphatic carbocycles. The first-order valence-electron chi connectivity index (χ1n) is 7.57. The zero-order valence-corrected chi connectivity index (χ0v) is 14.7. The Morgan fingerprint density at radius 1 is 1.41 bits per heavy atom. The Bertz CT molecular complexity index is 414. The Morgan fingerprint density at radius 2 is 2.14 bits per heavy atom. The van der Waals surface area contributed by atoms with Crippen molar-refractivity contribution in [1.29, 1.82) is 0 Å². The highest BCUT2D eigenvalue weighted by atomic mass is 35.5. The normalized spacial score (nSPS) is 20.0. The molecule has 1 heterocycles. The molecule has 0 bridgehead atoms. The molecule has 0 aromatic carbocycles. The van der Waals surface area contributed by atoms with Crippen molar-refractivity contribution in [2.75, 3.05) is 25.4 Å². The standard InChI is InChI=1S/C13H27N3O4S.ClH/c1-2-5-12(14)13(17)15-7-9-21(18,19)16-10-11-6-3-4-8-20-11;/h11-12,16H,2-10,14H2,1H3,(H,15,17);1H. The molecule has 1 rings (SSSR count). The number of nitrogens with two attached hydrogens (primary N) is 1. The van der Waals surface area contributed by atoms with Gasteiger partial charge in [-0.2, -0.15) is 0 Å². The number of ether oxygens (including phenoxy) is 1. The topological polar surface area (TPSA) is 111 Å². The average Bonchev–Trinajstić information content (AvgIpc) is 2.46. The number of amides is 1. The first kappa shape index (κ1) is 21.6. The van der Waals surface area contributed by atoms with E-state index in [1.165, 1.54) is 0 Å². The molecule has 0 aromatic heterocycles. The Hall–Kier alpha value is -0.410. The predicted octanol–water partition coefficient (Wildman–Crippen LogP) is 0.140. The summed E-state index contributed by atoms with van der Waals surface area (Å²) in [7, 11) is -3.40. The van der Waals surface area contributed by atoms with Crippen molar-refractivity contribution in [3.63, 3.8) is 0 Å². The molecule has 0 radical (unpaired) electrons. The van der Waals surface area contributed by atoms with E-state index in [4.69, 9.17) is 10.5 Å². The average molecular weight is 358 g/mol. The molecule has 1 fully saturated rings. The quantitative estimate of drug-likeness (QED) is 0.543. The zero-order chi connectivity index (χ0) is 15.7. The van der Waals surface area contributed by atoms with Gasteiger partial charge in [0.05, 0.1) is 17.9 Å². The first-order valence-corrected chi connectivity index (χ1v) is 9.22.